The van der Waals surface area contributed by atoms with Crippen molar-refractivity contribution < 1.29 is 14.3 Å². The van der Waals surface area contributed by atoms with Crippen LogP contribution in [0.4, 0.5) is 0 Å². The second-order valence-electron chi connectivity index (χ2n) is 4.11. The van der Waals surface area contributed by atoms with Crippen LogP contribution in [0.3, 0.4) is 0 Å². The average molecular weight is 371 g/mol. The van der Waals surface area contributed by atoms with Crippen molar-refractivity contribution in [3.63, 3.8) is 0 Å². The Morgan fingerprint density at radius 3 is 2.55 bits per heavy atom. The third-order valence-corrected chi connectivity index (χ3v) is 2.96. The van der Waals surface area contributed by atoms with E-state index in [1.165, 1.54) is 0 Å². The first kappa shape index (κ1) is 20.8. The molecule has 2 amide bonds. The normalized spacial score (nSPS) is 9.59. The van der Waals surface area contributed by atoms with Gasteiger partial charge in [-0.05, 0) is 24.6 Å². The molecule has 9 heteroatoms. The first-order chi connectivity index (χ1) is 10.0. The predicted octanol–water partition coefficient (Wildman–Crippen LogP) is 1.38. The second-order valence-corrected chi connectivity index (χ2v) is 4.95. The summed E-state index contributed by atoms with van der Waals surface area (Å²) >= 11 is 11.7. The van der Waals surface area contributed by atoms with Gasteiger partial charge in [-0.3, -0.25) is 9.59 Å². The van der Waals surface area contributed by atoms with Crippen LogP contribution in [0.1, 0.15) is 6.42 Å². The minimum Gasteiger partial charge on any atom is -0.492 e. The molecule has 0 radical (unpaired) electrons. The molecule has 4 N–H and O–H groups in total. The molecule has 124 valence electrons. The SMILES string of the molecule is Cl.NCC(=O)NCC(=O)NCCCOc1ccc(Cl)cc1Cl. The number of benzene rings is 1. The molecule has 0 unspecified atom stereocenters. The summed E-state index contributed by atoms with van der Waals surface area (Å²) in [7, 11) is 0. The lowest BCUT2D eigenvalue weighted by atomic mass is 10.3. The van der Waals surface area contributed by atoms with E-state index in [2.05, 4.69) is 10.6 Å². The van der Waals surface area contributed by atoms with Crippen LogP contribution in [0, 0.1) is 0 Å². The van der Waals surface area contributed by atoms with Gasteiger partial charge in [0, 0.05) is 11.6 Å². The fraction of sp³-hybridized carbons (Fsp3) is 0.385. The molecule has 0 saturated heterocycles. The Hall–Kier alpha value is -1.21. The number of nitrogens with one attached hydrogen (secondary N) is 2. The van der Waals surface area contributed by atoms with Crippen LogP contribution < -0.4 is 21.1 Å². The van der Waals surface area contributed by atoms with Crippen LogP contribution in [-0.4, -0.2) is 38.1 Å². The summed E-state index contributed by atoms with van der Waals surface area (Å²) < 4.78 is 5.46. The Bertz CT molecular complexity index is 501. The van der Waals surface area contributed by atoms with Crippen molar-refractivity contribution in [2.24, 2.45) is 5.73 Å². The van der Waals surface area contributed by atoms with E-state index in [0.717, 1.165) is 0 Å². The minimum atomic E-state index is -0.370. The van der Waals surface area contributed by atoms with E-state index in [0.29, 0.717) is 35.4 Å². The fourth-order valence-electron chi connectivity index (χ4n) is 1.39. The Morgan fingerprint density at radius 1 is 1.18 bits per heavy atom. The lowest BCUT2D eigenvalue weighted by Gasteiger charge is -2.09. The molecule has 22 heavy (non-hydrogen) atoms. The first-order valence-corrected chi connectivity index (χ1v) is 7.10. The van der Waals surface area contributed by atoms with Gasteiger partial charge in [0.05, 0.1) is 24.7 Å². The van der Waals surface area contributed by atoms with Gasteiger partial charge in [-0.15, -0.1) is 12.4 Å². The van der Waals surface area contributed by atoms with Crippen LogP contribution in [0.5, 0.6) is 5.75 Å². The first-order valence-electron chi connectivity index (χ1n) is 6.34. The molecule has 1 aromatic carbocycles. The molecular weight excluding hydrogens is 353 g/mol. The molecule has 0 saturated carbocycles. The standard InChI is InChI=1S/C13H17Cl2N3O3.ClH/c14-9-2-3-11(10(15)6-9)21-5-1-4-17-13(20)8-18-12(19)7-16;/h2-3,6H,1,4-5,7-8,16H2,(H,17,20)(H,18,19);1H. The number of ether oxygens (including phenoxy) is 1. The summed E-state index contributed by atoms with van der Waals surface area (Å²) in [5.74, 6) is -0.102. The third-order valence-electron chi connectivity index (χ3n) is 2.43. The van der Waals surface area contributed by atoms with Gasteiger partial charge in [0.2, 0.25) is 11.8 Å². The molecule has 0 atom stereocenters. The Kier molecular flexibility index (Phi) is 10.7. The Labute approximate surface area is 145 Å². The molecule has 0 aliphatic carbocycles. The van der Waals surface area contributed by atoms with Crippen molar-refractivity contribution in [3.05, 3.63) is 28.2 Å². The van der Waals surface area contributed by atoms with E-state index in [1.54, 1.807) is 18.2 Å². The number of rotatable bonds is 8. The summed E-state index contributed by atoms with van der Waals surface area (Å²) in [4.78, 5) is 22.2. The maximum atomic E-state index is 11.3. The van der Waals surface area contributed by atoms with E-state index < -0.39 is 0 Å². The van der Waals surface area contributed by atoms with Crippen LogP contribution in [0.2, 0.25) is 10.0 Å². The summed E-state index contributed by atoms with van der Waals surface area (Å²) in [6.45, 7) is 0.613. The number of hydrogen-bond donors (Lipinski definition) is 3. The van der Waals surface area contributed by atoms with Crippen molar-refractivity contribution >= 4 is 47.4 Å². The van der Waals surface area contributed by atoms with Gasteiger partial charge in [-0.2, -0.15) is 0 Å². The molecule has 0 aliphatic heterocycles. The van der Waals surface area contributed by atoms with Gasteiger partial charge in [-0.25, -0.2) is 0 Å². The van der Waals surface area contributed by atoms with Crippen LogP contribution in [0.25, 0.3) is 0 Å². The predicted molar refractivity (Wildman–Crippen MR) is 88.9 cm³/mol. The van der Waals surface area contributed by atoms with E-state index in [-0.39, 0.29) is 37.3 Å². The molecule has 0 aliphatic rings. The van der Waals surface area contributed by atoms with E-state index in [9.17, 15) is 9.59 Å². The highest BCUT2D eigenvalue weighted by Crippen LogP contribution is 2.27. The molecule has 1 rings (SSSR count). The molecule has 1 aromatic rings. The quantitative estimate of drug-likeness (QED) is 0.603. The highest BCUT2D eigenvalue weighted by atomic mass is 35.5. The van der Waals surface area contributed by atoms with Crippen molar-refractivity contribution in [1.29, 1.82) is 0 Å². The summed E-state index contributed by atoms with van der Waals surface area (Å²) in [5, 5.41) is 6.00. The van der Waals surface area contributed by atoms with E-state index in [4.69, 9.17) is 33.7 Å². The fourth-order valence-corrected chi connectivity index (χ4v) is 1.85. The zero-order valence-corrected chi connectivity index (χ0v) is 14.1. The Balaban J connectivity index is 0.00000441. The summed E-state index contributed by atoms with van der Waals surface area (Å²) in [6, 6.07) is 4.97. The number of carbonyl (C=O) groups excluding carboxylic acids is 2. The van der Waals surface area contributed by atoms with Gasteiger partial charge in [0.25, 0.3) is 0 Å². The van der Waals surface area contributed by atoms with Gasteiger partial charge in [0.15, 0.2) is 0 Å². The summed E-state index contributed by atoms with van der Waals surface area (Å²) in [6.07, 6.45) is 0.607. The van der Waals surface area contributed by atoms with Gasteiger partial charge in [-0.1, -0.05) is 23.2 Å². The van der Waals surface area contributed by atoms with E-state index >= 15 is 0 Å². The third kappa shape index (κ3) is 8.29. The van der Waals surface area contributed by atoms with Crippen molar-refractivity contribution in [1.82, 2.24) is 10.6 Å². The molecule has 0 fully saturated rings. The van der Waals surface area contributed by atoms with Crippen LogP contribution >= 0.6 is 35.6 Å². The molecule has 0 aromatic heterocycles. The maximum absolute atomic E-state index is 11.3. The van der Waals surface area contributed by atoms with Crippen molar-refractivity contribution in [2.45, 2.75) is 6.42 Å². The Morgan fingerprint density at radius 2 is 1.91 bits per heavy atom. The zero-order chi connectivity index (χ0) is 15.7. The van der Waals surface area contributed by atoms with Crippen LogP contribution in [-0.2, 0) is 9.59 Å². The number of carbonyl (C=O) groups is 2. The molecule has 0 bridgehead atoms. The minimum absolute atomic E-state index is 0. The molecule has 6 nitrogen and oxygen atoms in total. The largest absolute Gasteiger partial charge is 0.492 e. The lowest BCUT2D eigenvalue weighted by molar-refractivity contribution is -0.125. The smallest absolute Gasteiger partial charge is 0.239 e. The number of halogens is 3. The molecule has 0 heterocycles. The van der Waals surface area contributed by atoms with Gasteiger partial charge >= 0.3 is 0 Å². The lowest BCUT2D eigenvalue weighted by Crippen LogP contribution is -2.39. The summed E-state index contributed by atoms with van der Waals surface area (Å²) in [5.41, 5.74) is 5.10. The number of nitrogens with two attached hydrogens (primary N) is 1. The maximum Gasteiger partial charge on any atom is 0.239 e. The van der Waals surface area contributed by atoms with Crippen LogP contribution in [0.15, 0.2) is 18.2 Å². The topological polar surface area (TPSA) is 93.5 Å². The molecule has 0 spiro atoms. The average Bonchev–Trinajstić information content (AvgIpc) is 2.46. The molecular formula is C13H18Cl3N3O3. The highest BCUT2D eigenvalue weighted by Gasteiger charge is 2.04. The zero-order valence-electron chi connectivity index (χ0n) is 11.7. The monoisotopic (exact) mass is 369 g/mol. The van der Waals surface area contributed by atoms with Crippen molar-refractivity contribution in [2.75, 3.05) is 26.2 Å². The second kappa shape index (κ2) is 11.4. The van der Waals surface area contributed by atoms with Gasteiger partial charge < -0.3 is 21.1 Å². The van der Waals surface area contributed by atoms with Crippen molar-refractivity contribution in [3.8, 4) is 5.75 Å². The van der Waals surface area contributed by atoms with E-state index in [1.807, 2.05) is 0 Å². The number of hydrogen-bond acceptors (Lipinski definition) is 4. The van der Waals surface area contributed by atoms with Gasteiger partial charge in [0.1, 0.15) is 5.75 Å². The number of amides is 2. The highest BCUT2D eigenvalue weighted by molar-refractivity contribution is 6.35.